The van der Waals surface area contributed by atoms with Gasteiger partial charge in [-0.3, -0.25) is 9.48 Å². The number of carbonyl (C=O) groups excluding carboxylic acids is 1. The van der Waals surface area contributed by atoms with E-state index in [1.54, 1.807) is 10.9 Å². The van der Waals surface area contributed by atoms with Crippen molar-refractivity contribution in [3.05, 3.63) is 40.7 Å². The lowest BCUT2D eigenvalue weighted by Crippen LogP contribution is -2.15. The van der Waals surface area contributed by atoms with Gasteiger partial charge in [-0.25, -0.2) is 0 Å². The van der Waals surface area contributed by atoms with Crippen LogP contribution in [0.5, 0.6) is 0 Å². The highest BCUT2D eigenvalue weighted by Crippen LogP contribution is 2.25. The third-order valence-corrected chi connectivity index (χ3v) is 3.43. The van der Waals surface area contributed by atoms with Gasteiger partial charge >= 0.3 is 0 Å². The summed E-state index contributed by atoms with van der Waals surface area (Å²) in [6.07, 6.45) is 1.57. The molecule has 1 heterocycles. The van der Waals surface area contributed by atoms with Crippen LogP contribution in [0.2, 0.25) is 0 Å². The third kappa shape index (κ3) is 2.31. The normalized spacial score (nSPS) is 10.5. The molecule has 19 heavy (non-hydrogen) atoms. The molecule has 2 aromatic rings. The summed E-state index contributed by atoms with van der Waals surface area (Å²) < 4.78 is 1.67. The van der Waals surface area contributed by atoms with Crippen LogP contribution in [-0.4, -0.2) is 15.7 Å². The second kappa shape index (κ2) is 4.76. The molecule has 3 N–H and O–H groups in total. The fourth-order valence-corrected chi connectivity index (χ4v) is 1.96. The minimum Gasteiger partial charge on any atom is -0.398 e. The Morgan fingerprint density at radius 3 is 2.58 bits per heavy atom. The van der Waals surface area contributed by atoms with Gasteiger partial charge in [-0.1, -0.05) is 6.07 Å². The van der Waals surface area contributed by atoms with E-state index in [4.69, 9.17) is 5.73 Å². The van der Waals surface area contributed by atoms with Crippen molar-refractivity contribution < 1.29 is 4.79 Å². The number of nitrogen functional groups attached to an aromatic ring is 1. The van der Waals surface area contributed by atoms with Crippen LogP contribution in [0.15, 0.2) is 18.3 Å². The molecular weight excluding hydrogens is 240 g/mol. The van der Waals surface area contributed by atoms with Crippen molar-refractivity contribution in [1.29, 1.82) is 0 Å². The molecule has 1 amide bonds. The fourth-order valence-electron chi connectivity index (χ4n) is 1.96. The number of nitrogens with zero attached hydrogens (tertiary/aromatic N) is 2. The minimum absolute atomic E-state index is 0.164. The SMILES string of the molecule is Cc1ccc(N)c(C)c1NC(=O)c1cnn(C)c1C. The summed E-state index contributed by atoms with van der Waals surface area (Å²) in [5, 5.41) is 6.99. The summed E-state index contributed by atoms with van der Waals surface area (Å²) >= 11 is 0. The smallest absolute Gasteiger partial charge is 0.259 e. The summed E-state index contributed by atoms with van der Waals surface area (Å²) in [5.74, 6) is -0.164. The van der Waals surface area contributed by atoms with Gasteiger partial charge in [-0.05, 0) is 38.0 Å². The van der Waals surface area contributed by atoms with E-state index in [0.29, 0.717) is 11.3 Å². The van der Waals surface area contributed by atoms with Crippen molar-refractivity contribution >= 4 is 17.3 Å². The standard InChI is InChI=1S/C14H18N4O/c1-8-5-6-12(15)9(2)13(8)17-14(19)11-7-16-18(4)10(11)3/h5-7H,15H2,1-4H3,(H,17,19). The maximum Gasteiger partial charge on any atom is 0.259 e. The van der Waals surface area contributed by atoms with E-state index >= 15 is 0 Å². The average Bonchev–Trinajstić information content (AvgIpc) is 2.70. The van der Waals surface area contributed by atoms with Crippen LogP contribution < -0.4 is 11.1 Å². The Bertz CT molecular complexity index is 643. The third-order valence-electron chi connectivity index (χ3n) is 3.43. The van der Waals surface area contributed by atoms with Crippen LogP contribution in [0.3, 0.4) is 0 Å². The van der Waals surface area contributed by atoms with Crippen molar-refractivity contribution in [2.24, 2.45) is 7.05 Å². The molecule has 0 bridgehead atoms. The Labute approximate surface area is 112 Å². The molecular formula is C14H18N4O. The van der Waals surface area contributed by atoms with E-state index in [1.165, 1.54) is 0 Å². The number of nitrogens with one attached hydrogen (secondary N) is 1. The van der Waals surface area contributed by atoms with Gasteiger partial charge in [-0.15, -0.1) is 0 Å². The van der Waals surface area contributed by atoms with E-state index in [2.05, 4.69) is 10.4 Å². The van der Waals surface area contributed by atoms with Crippen LogP contribution in [0.1, 0.15) is 27.2 Å². The first-order valence-corrected chi connectivity index (χ1v) is 6.07. The number of anilines is 2. The second-order valence-corrected chi connectivity index (χ2v) is 4.69. The number of hydrogen-bond acceptors (Lipinski definition) is 3. The zero-order chi connectivity index (χ0) is 14.2. The predicted octanol–water partition coefficient (Wildman–Crippen LogP) is 2.18. The molecule has 0 aliphatic heterocycles. The molecule has 100 valence electrons. The number of carbonyl (C=O) groups is 1. The quantitative estimate of drug-likeness (QED) is 0.811. The molecule has 0 radical (unpaired) electrons. The van der Waals surface area contributed by atoms with Crippen LogP contribution in [0, 0.1) is 20.8 Å². The number of rotatable bonds is 2. The predicted molar refractivity (Wildman–Crippen MR) is 76.2 cm³/mol. The van der Waals surface area contributed by atoms with E-state index in [1.807, 2.05) is 40.0 Å². The van der Waals surface area contributed by atoms with Gasteiger partial charge in [0.15, 0.2) is 0 Å². The Morgan fingerprint density at radius 2 is 2.00 bits per heavy atom. The topological polar surface area (TPSA) is 72.9 Å². The Morgan fingerprint density at radius 1 is 1.32 bits per heavy atom. The molecule has 0 atom stereocenters. The summed E-state index contributed by atoms with van der Waals surface area (Å²) in [4.78, 5) is 12.3. The first-order valence-electron chi connectivity index (χ1n) is 6.07. The van der Waals surface area contributed by atoms with Gasteiger partial charge in [0.05, 0.1) is 11.8 Å². The number of hydrogen-bond donors (Lipinski definition) is 2. The molecule has 0 spiro atoms. The molecule has 2 rings (SSSR count). The molecule has 0 fully saturated rings. The molecule has 1 aromatic heterocycles. The number of benzene rings is 1. The van der Waals surface area contributed by atoms with E-state index < -0.39 is 0 Å². The number of nitrogens with two attached hydrogens (primary N) is 1. The fraction of sp³-hybridized carbons (Fsp3) is 0.286. The zero-order valence-corrected chi connectivity index (χ0v) is 11.6. The van der Waals surface area contributed by atoms with Crippen molar-refractivity contribution in [3.8, 4) is 0 Å². The van der Waals surface area contributed by atoms with Crippen LogP contribution >= 0.6 is 0 Å². The van der Waals surface area contributed by atoms with Gasteiger partial charge in [-0.2, -0.15) is 5.10 Å². The van der Waals surface area contributed by atoms with Crippen molar-refractivity contribution in [2.75, 3.05) is 11.1 Å². The largest absolute Gasteiger partial charge is 0.398 e. The van der Waals surface area contributed by atoms with E-state index in [0.717, 1.165) is 22.5 Å². The Hall–Kier alpha value is -2.30. The molecule has 0 aliphatic rings. The summed E-state index contributed by atoms with van der Waals surface area (Å²) in [5.41, 5.74) is 10.6. The van der Waals surface area contributed by atoms with E-state index in [9.17, 15) is 4.79 Å². The Kier molecular flexibility index (Phi) is 3.29. The molecule has 0 saturated heterocycles. The molecule has 0 aliphatic carbocycles. The lowest BCUT2D eigenvalue weighted by molar-refractivity contribution is 0.102. The number of aryl methyl sites for hydroxylation is 2. The lowest BCUT2D eigenvalue weighted by Gasteiger charge is -2.13. The maximum absolute atomic E-state index is 12.3. The van der Waals surface area contributed by atoms with Gasteiger partial charge in [0.2, 0.25) is 0 Å². The number of amides is 1. The Balaban J connectivity index is 2.35. The monoisotopic (exact) mass is 258 g/mol. The van der Waals surface area contributed by atoms with Crippen LogP contribution in [0.4, 0.5) is 11.4 Å². The van der Waals surface area contributed by atoms with Crippen molar-refractivity contribution in [2.45, 2.75) is 20.8 Å². The second-order valence-electron chi connectivity index (χ2n) is 4.69. The minimum atomic E-state index is -0.164. The molecule has 5 nitrogen and oxygen atoms in total. The summed E-state index contributed by atoms with van der Waals surface area (Å²) in [6, 6.07) is 3.74. The maximum atomic E-state index is 12.3. The molecule has 0 unspecified atom stereocenters. The van der Waals surface area contributed by atoms with Gasteiger partial charge in [0.25, 0.3) is 5.91 Å². The van der Waals surface area contributed by atoms with Gasteiger partial charge in [0, 0.05) is 24.1 Å². The highest BCUT2D eigenvalue weighted by molar-refractivity contribution is 6.06. The average molecular weight is 258 g/mol. The molecule has 5 heteroatoms. The van der Waals surface area contributed by atoms with E-state index in [-0.39, 0.29) is 5.91 Å². The summed E-state index contributed by atoms with van der Waals surface area (Å²) in [6.45, 7) is 5.70. The summed E-state index contributed by atoms with van der Waals surface area (Å²) in [7, 11) is 1.81. The van der Waals surface area contributed by atoms with Crippen molar-refractivity contribution in [3.63, 3.8) is 0 Å². The van der Waals surface area contributed by atoms with Gasteiger partial charge in [0.1, 0.15) is 0 Å². The molecule has 0 saturated carbocycles. The van der Waals surface area contributed by atoms with Gasteiger partial charge < -0.3 is 11.1 Å². The molecule has 1 aromatic carbocycles. The lowest BCUT2D eigenvalue weighted by atomic mass is 10.1. The zero-order valence-electron chi connectivity index (χ0n) is 11.6. The number of aromatic nitrogens is 2. The first kappa shape index (κ1) is 13.1. The highest BCUT2D eigenvalue weighted by Gasteiger charge is 2.15. The first-order chi connectivity index (χ1) is 8.91. The highest BCUT2D eigenvalue weighted by atomic mass is 16.1. The van der Waals surface area contributed by atoms with Crippen molar-refractivity contribution in [1.82, 2.24) is 9.78 Å². The van der Waals surface area contributed by atoms with Crippen LogP contribution in [-0.2, 0) is 7.05 Å². The van der Waals surface area contributed by atoms with Crippen LogP contribution in [0.25, 0.3) is 0 Å².